The Bertz CT molecular complexity index is 1800. The molecule has 4 aliphatic rings. The molecular formula is C29H28N4O7S3. The Labute approximate surface area is 255 Å². The lowest BCUT2D eigenvalue weighted by atomic mass is 9.68. The predicted octanol–water partition coefficient (Wildman–Crippen LogP) is 2.59. The maximum Gasteiger partial charge on any atom is 0.305 e. The van der Waals surface area contributed by atoms with Gasteiger partial charge in [0.25, 0.3) is 0 Å². The van der Waals surface area contributed by atoms with Crippen LogP contribution in [0.3, 0.4) is 0 Å². The van der Waals surface area contributed by atoms with E-state index < -0.39 is 27.8 Å². The van der Waals surface area contributed by atoms with Crippen LogP contribution in [0.4, 0.5) is 5.69 Å². The van der Waals surface area contributed by atoms with Gasteiger partial charge in [0.1, 0.15) is 5.75 Å². The number of carbonyl (C=O) groups is 3. The van der Waals surface area contributed by atoms with E-state index in [9.17, 15) is 27.6 Å². The summed E-state index contributed by atoms with van der Waals surface area (Å²) in [5.74, 6) is -0.990. The van der Waals surface area contributed by atoms with Crippen LogP contribution in [0, 0.1) is 29.6 Å². The number of rotatable bonds is 7. The second-order valence-corrected chi connectivity index (χ2v) is 15.2. The van der Waals surface area contributed by atoms with E-state index >= 15 is 0 Å². The third-order valence-corrected chi connectivity index (χ3v) is 12.8. The van der Waals surface area contributed by atoms with Crippen molar-refractivity contribution >= 4 is 56.5 Å². The first-order valence-electron chi connectivity index (χ1n) is 13.9. The fourth-order valence-corrected chi connectivity index (χ4v) is 11.1. The molecule has 2 aromatic carbocycles. The number of hydrogen-bond acceptors (Lipinski definition) is 9. The maximum atomic E-state index is 13.8. The fourth-order valence-electron chi connectivity index (χ4n) is 7.65. The molecule has 7 rings (SSSR count). The largest absolute Gasteiger partial charge is 0.497 e. The summed E-state index contributed by atoms with van der Waals surface area (Å²) in [4.78, 5) is 57.6. The summed E-state index contributed by atoms with van der Waals surface area (Å²) in [6.45, 7) is -0.0315. The highest BCUT2D eigenvalue weighted by Gasteiger charge is 2.69. The van der Waals surface area contributed by atoms with E-state index in [0.717, 1.165) is 27.6 Å². The van der Waals surface area contributed by atoms with Crippen molar-refractivity contribution in [1.82, 2.24) is 9.88 Å². The van der Waals surface area contributed by atoms with Crippen molar-refractivity contribution < 1.29 is 27.5 Å². The average molecular weight is 641 g/mol. The standard InChI is InChI=1S/C29H28N4O7S3/c1-40-15-6-2-13(3-7-15)20-21-17-12-18(24(21)41-26-25(20)42-29(37)32-26)23-22(17)27(35)33(28(23)36)11-10-19(34)31-14-4-8-16(9-5-14)43(30,38)39/h2-9,17-18,20-24H,10-12H2,1H3,(H,31,34)(H,32,37)(H2,30,38,39). The zero-order valence-corrected chi connectivity index (χ0v) is 25.3. The molecule has 3 fully saturated rings. The Morgan fingerprint density at radius 3 is 2.37 bits per heavy atom. The van der Waals surface area contributed by atoms with Crippen LogP contribution in [0.25, 0.3) is 0 Å². The van der Waals surface area contributed by atoms with Gasteiger partial charge >= 0.3 is 4.87 Å². The Morgan fingerprint density at radius 2 is 1.72 bits per heavy atom. The van der Waals surface area contributed by atoms with Crippen LogP contribution >= 0.6 is 23.1 Å². The number of nitrogens with one attached hydrogen (secondary N) is 2. The topological polar surface area (TPSA) is 169 Å². The van der Waals surface area contributed by atoms with E-state index in [2.05, 4.69) is 10.3 Å². The first kappa shape index (κ1) is 28.3. The average Bonchev–Trinajstić information content (AvgIpc) is 3.71. The monoisotopic (exact) mass is 640 g/mol. The molecule has 7 atom stereocenters. The summed E-state index contributed by atoms with van der Waals surface area (Å²) in [6, 6.07) is 13.3. The van der Waals surface area contributed by atoms with Gasteiger partial charge < -0.3 is 15.0 Å². The molecule has 43 heavy (non-hydrogen) atoms. The summed E-state index contributed by atoms with van der Waals surface area (Å²) >= 11 is 2.85. The van der Waals surface area contributed by atoms with Crippen LogP contribution in [0.15, 0.2) is 63.2 Å². The van der Waals surface area contributed by atoms with Crippen molar-refractivity contribution in [3.05, 3.63) is 68.6 Å². The minimum atomic E-state index is -3.85. The molecule has 0 radical (unpaired) electrons. The Balaban J connectivity index is 1.10. The molecule has 224 valence electrons. The second kappa shape index (κ2) is 10.3. The van der Waals surface area contributed by atoms with Crippen LogP contribution in [-0.2, 0) is 24.4 Å². The summed E-state index contributed by atoms with van der Waals surface area (Å²) in [6.07, 6.45) is 0.696. The number of aromatic amines is 1. The number of amides is 3. The minimum absolute atomic E-state index is 0.00471. The number of primary sulfonamides is 1. The quantitative estimate of drug-likeness (QED) is 0.331. The van der Waals surface area contributed by atoms with Gasteiger partial charge in [-0.2, -0.15) is 0 Å². The van der Waals surface area contributed by atoms with Crippen molar-refractivity contribution in [3.8, 4) is 5.75 Å². The minimum Gasteiger partial charge on any atom is -0.497 e. The molecule has 3 aromatic rings. The van der Waals surface area contributed by atoms with Gasteiger partial charge in [-0.25, -0.2) is 13.6 Å². The number of thioether (sulfide) groups is 1. The number of aromatic nitrogens is 1. The number of fused-ring (bicyclic) bond motifs is 9. The summed E-state index contributed by atoms with van der Waals surface area (Å²) in [5, 5.41) is 8.72. The van der Waals surface area contributed by atoms with E-state index in [-0.39, 0.29) is 63.5 Å². The van der Waals surface area contributed by atoms with E-state index in [1.807, 2.05) is 24.3 Å². The molecule has 3 heterocycles. The number of H-pyrrole nitrogens is 1. The number of methoxy groups -OCH3 is 1. The van der Waals surface area contributed by atoms with Gasteiger partial charge in [-0.15, -0.1) is 11.8 Å². The highest BCUT2D eigenvalue weighted by atomic mass is 32.2. The zero-order chi connectivity index (χ0) is 30.2. The van der Waals surface area contributed by atoms with E-state index in [0.29, 0.717) is 5.69 Å². The highest BCUT2D eigenvalue weighted by Crippen LogP contribution is 2.68. The lowest BCUT2D eigenvalue weighted by Crippen LogP contribution is -2.42. The molecule has 4 N–H and O–H groups in total. The zero-order valence-electron chi connectivity index (χ0n) is 22.9. The molecule has 0 spiro atoms. The number of nitrogens with zero attached hydrogens (tertiary/aromatic N) is 1. The molecule has 2 saturated carbocycles. The Kier molecular flexibility index (Phi) is 6.80. The number of anilines is 1. The van der Waals surface area contributed by atoms with E-state index in [1.165, 1.54) is 40.5 Å². The van der Waals surface area contributed by atoms with Crippen molar-refractivity contribution in [3.63, 3.8) is 0 Å². The predicted molar refractivity (Wildman–Crippen MR) is 159 cm³/mol. The van der Waals surface area contributed by atoms with E-state index in [1.54, 1.807) is 18.9 Å². The lowest BCUT2D eigenvalue weighted by Gasteiger charge is -2.43. The third kappa shape index (κ3) is 4.62. The molecule has 14 heteroatoms. The van der Waals surface area contributed by atoms with Gasteiger partial charge in [0.15, 0.2) is 0 Å². The molecule has 1 aromatic heterocycles. The van der Waals surface area contributed by atoms with Crippen LogP contribution < -0.4 is 20.1 Å². The summed E-state index contributed by atoms with van der Waals surface area (Å²) < 4.78 is 28.3. The van der Waals surface area contributed by atoms with Gasteiger partial charge in [0, 0.05) is 34.7 Å². The summed E-state index contributed by atoms with van der Waals surface area (Å²) in [7, 11) is -2.24. The first-order chi connectivity index (χ1) is 20.5. The first-order valence-corrected chi connectivity index (χ1v) is 17.1. The molecule has 1 saturated heterocycles. The second-order valence-electron chi connectivity index (χ2n) is 11.4. The molecule has 2 aliphatic carbocycles. The van der Waals surface area contributed by atoms with E-state index in [4.69, 9.17) is 9.88 Å². The molecule has 7 unspecified atom stereocenters. The van der Waals surface area contributed by atoms with Gasteiger partial charge in [-0.05, 0) is 66.1 Å². The molecular weight excluding hydrogens is 613 g/mol. The van der Waals surface area contributed by atoms with Gasteiger partial charge in [-0.3, -0.25) is 24.1 Å². The molecule has 11 nitrogen and oxygen atoms in total. The third-order valence-electron chi connectivity index (χ3n) is 9.32. The van der Waals surface area contributed by atoms with Crippen molar-refractivity contribution in [2.75, 3.05) is 19.0 Å². The van der Waals surface area contributed by atoms with Crippen molar-refractivity contribution in [2.45, 2.75) is 33.9 Å². The number of sulfonamides is 1. The number of nitrogens with two attached hydrogens (primary N) is 1. The highest BCUT2D eigenvalue weighted by molar-refractivity contribution is 8.00. The van der Waals surface area contributed by atoms with Crippen molar-refractivity contribution in [2.24, 2.45) is 34.7 Å². The normalized spacial score (nSPS) is 28.9. The SMILES string of the molecule is COc1ccc(C2c3sc(=O)[nH]c3SC3C4CC(C5C(=O)N(CCC(=O)Nc6ccc(S(N)(=O)=O)cc6)C(=O)C45)C23)cc1. The number of imide groups is 1. The fraction of sp³-hybridized carbons (Fsp3) is 0.379. The number of benzene rings is 2. The van der Waals surface area contributed by atoms with Crippen LogP contribution in [0.2, 0.25) is 0 Å². The lowest BCUT2D eigenvalue weighted by molar-refractivity contribution is -0.141. The maximum absolute atomic E-state index is 13.8. The molecule has 2 aliphatic heterocycles. The number of ether oxygens (including phenoxy) is 1. The number of carbonyl (C=O) groups excluding carboxylic acids is 3. The van der Waals surface area contributed by atoms with Gasteiger partial charge in [0.05, 0.1) is 28.9 Å². The van der Waals surface area contributed by atoms with Gasteiger partial charge in [-0.1, -0.05) is 23.5 Å². The number of thiazole rings is 1. The van der Waals surface area contributed by atoms with Crippen LogP contribution in [0.1, 0.15) is 29.2 Å². The van der Waals surface area contributed by atoms with Gasteiger partial charge in [0.2, 0.25) is 27.7 Å². The van der Waals surface area contributed by atoms with Crippen LogP contribution in [0.5, 0.6) is 5.75 Å². The summed E-state index contributed by atoms with van der Waals surface area (Å²) in [5.41, 5.74) is 1.43. The smallest absolute Gasteiger partial charge is 0.305 e. The number of likely N-dealkylation sites (tertiary alicyclic amines) is 1. The van der Waals surface area contributed by atoms with Crippen LogP contribution in [-0.4, -0.2) is 54.9 Å². The molecule has 2 bridgehead atoms. The molecule has 3 amide bonds. The number of hydrogen-bond donors (Lipinski definition) is 3. The Morgan fingerprint density at radius 1 is 1.05 bits per heavy atom. The Hall–Kier alpha value is -3.46. The van der Waals surface area contributed by atoms with Crippen molar-refractivity contribution in [1.29, 1.82) is 0 Å².